The smallest absolute Gasteiger partial charge is 0.263 e. The first-order valence-corrected chi connectivity index (χ1v) is 8.30. The SMILES string of the molecule is CC1(C)COc2c(nc(-c3ccc(N)nc3)nc2N2CCOCC2)O1. The van der Waals surface area contributed by atoms with Crippen molar-refractivity contribution in [2.45, 2.75) is 19.4 Å². The number of morpholine rings is 1. The number of fused-ring (bicyclic) bond motifs is 1. The summed E-state index contributed by atoms with van der Waals surface area (Å²) < 4.78 is 17.5. The molecule has 2 aliphatic heterocycles. The summed E-state index contributed by atoms with van der Waals surface area (Å²) in [6.45, 7) is 7.19. The van der Waals surface area contributed by atoms with Gasteiger partial charge in [0, 0.05) is 24.8 Å². The highest BCUT2D eigenvalue weighted by atomic mass is 16.6. The van der Waals surface area contributed by atoms with Gasteiger partial charge in [0.1, 0.15) is 18.0 Å². The average molecular weight is 343 g/mol. The lowest BCUT2D eigenvalue weighted by atomic mass is 10.1. The molecule has 8 heteroatoms. The maximum atomic E-state index is 6.06. The summed E-state index contributed by atoms with van der Waals surface area (Å²) in [5, 5.41) is 0. The van der Waals surface area contributed by atoms with Gasteiger partial charge < -0.3 is 24.8 Å². The number of aromatic nitrogens is 3. The Morgan fingerprint density at radius 3 is 2.68 bits per heavy atom. The maximum absolute atomic E-state index is 6.06. The van der Waals surface area contributed by atoms with Crippen LogP contribution in [0.3, 0.4) is 0 Å². The van der Waals surface area contributed by atoms with Crippen molar-refractivity contribution in [1.29, 1.82) is 0 Å². The zero-order valence-electron chi connectivity index (χ0n) is 14.4. The number of anilines is 2. The van der Waals surface area contributed by atoms with Crippen LogP contribution in [0.25, 0.3) is 11.4 Å². The van der Waals surface area contributed by atoms with Crippen LogP contribution in [0, 0.1) is 0 Å². The molecule has 132 valence electrons. The normalized spacial score (nSPS) is 18.9. The molecule has 0 spiro atoms. The van der Waals surface area contributed by atoms with Crippen LogP contribution < -0.4 is 20.1 Å². The van der Waals surface area contributed by atoms with Gasteiger partial charge in [0.15, 0.2) is 11.6 Å². The Bertz CT molecular complexity index is 773. The average Bonchev–Trinajstić information content (AvgIpc) is 2.61. The number of pyridine rings is 1. The van der Waals surface area contributed by atoms with Crippen LogP contribution in [0.2, 0.25) is 0 Å². The summed E-state index contributed by atoms with van der Waals surface area (Å²) in [5.41, 5.74) is 6.01. The quantitative estimate of drug-likeness (QED) is 0.876. The molecule has 2 aromatic heterocycles. The van der Waals surface area contributed by atoms with Crippen molar-refractivity contribution in [2.75, 3.05) is 43.5 Å². The van der Waals surface area contributed by atoms with Crippen LogP contribution in [-0.4, -0.2) is 53.5 Å². The molecular weight excluding hydrogens is 322 g/mol. The number of nitrogens with zero attached hydrogens (tertiary/aromatic N) is 4. The van der Waals surface area contributed by atoms with E-state index in [-0.39, 0.29) is 0 Å². The van der Waals surface area contributed by atoms with Gasteiger partial charge in [0.2, 0.25) is 5.75 Å². The standard InChI is InChI=1S/C17H21N5O3/c1-17(2)10-24-13-15(22-5-7-23-8-6-22)20-14(21-16(13)25-17)11-3-4-12(18)19-9-11/h3-4,9H,5-8,10H2,1-2H3,(H2,18,19). The van der Waals surface area contributed by atoms with Gasteiger partial charge in [-0.2, -0.15) is 4.98 Å². The van der Waals surface area contributed by atoms with Crippen LogP contribution in [0.4, 0.5) is 11.6 Å². The zero-order chi connectivity index (χ0) is 17.4. The zero-order valence-corrected chi connectivity index (χ0v) is 14.4. The number of hydrogen-bond acceptors (Lipinski definition) is 8. The first-order valence-electron chi connectivity index (χ1n) is 8.30. The molecule has 0 bridgehead atoms. The Labute approximate surface area is 145 Å². The summed E-state index contributed by atoms with van der Waals surface area (Å²) in [7, 11) is 0. The van der Waals surface area contributed by atoms with E-state index in [0.29, 0.717) is 43.1 Å². The van der Waals surface area contributed by atoms with E-state index in [1.165, 1.54) is 0 Å². The fourth-order valence-corrected chi connectivity index (χ4v) is 2.81. The van der Waals surface area contributed by atoms with Crippen LogP contribution >= 0.6 is 0 Å². The largest absolute Gasteiger partial charge is 0.481 e. The Morgan fingerprint density at radius 2 is 1.96 bits per heavy atom. The Morgan fingerprint density at radius 1 is 1.16 bits per heavy atom. The predicted octanol–water partition coefficient (Wildman–Crippen LogP) is 1.51. The van der Waals surface area contributed by atoms with E-state index < -0.39 is 5.60 Å². The van der Waals surface area contributed by atoms with E-state index >= 15 is 0 Å². The topological polar surface area (TPSA) is 95.6 Å². The fraction of sp³-hybridized carbons (Fsp3) is 0.471. The number of hydrogen-bond donors (Lipinski definition) is 1. The molecule has 25 heavy (non-hydrogen) atoms. The molecule has 0 saturated carbocycles. The van der Waals surface area contributed by atoms with Crippen LogP contribution in [-0.2, 0) is 4.74 Å². The minimum Gasteiger partial charge on any atom is -0.481 e. The Hall–Kier alpha value is -2.61. The molecule has 0 unspecified atom stereocenters. The van der Waals surface area contributed by atoms with Gasteiger partial charge in [-0.25, -0.2) is 9.97 Å². The summed E-state index contributed by atoms with van der Waals surface area (Å²) in [5.74, 6) is 2.77. The third-order valence-electron chi connectivity index (χ3n) is 4.11. The molecule has 8 nitrogen and oxygen atoms in total. The molecule has 2 aliphatic rings. The van der Waals surface area contributed by atoms with Gasteiger partial charge in [-0.3, -0.25) is 0 Å². The molecule has 1 saturated heterocycles. The molecule has 0 amide bonds. The predicted molar refractivity (Wildman–Crippen MR) is 92.9 cm³/mol. The molecule has 0 atom stereocenters. The van der Waals surface area contributed by atoms with Gasteiger partial charge in [-0.1, -0.05) is 0 Å². The molecule has 0 aromatic carbocycles. The summed E-state index contributed by atoms with van der Waals surface area (Å²) in [4.78, 5) is 15.6. The molecule has 0 aliphatic carbocycles. The monoisotopic (exact) mass is 343 g/mol. The maximum Gasteiger partial charge on any atom is 0.263 e. The number of nitrogen functional groups attached to an aromatic ring is 1. The lowest BCUT2D eigenvalue weighted by Gasteiger charge is -2.35. The van der Waals surface area contributed by atoms with Gasteiger partial charge in [-0.05, 0) is 26.0 Å². The summed E-state index contributed by atoms with van der Waals surface area (Å²) >= 11 is 0. The van der Waals surface area contributed by atoms with Gasteiger partial charge in [0.05, 0.1) is 13.2 Å². The molecule has 4 heterocycles. The highest BCUT2D eigenvalue weighted by molar-refractivity contribution is 5.65. The van der Waals surface area contributed by atoms with Crippen molar-refractivity contribution in [3.8, 4) is 23.0 Å². The van der Waals surface area contributed by atoms with Gasteiger partial charge in [-0.15, -0.1) is 0 Å². The van der Waals surface area contributed by atoms with Crippen molar-refractivity contribution in [1.82, 2.24) is 15.0 Å². The van der Waals surface area contributed by atoms with E-state index in [9.17, 15) is 0 Å². The number of rotatable bonds is 2. The molecule has 1 fully saturated rings. The number of nitrogens with two attached hydrogens (primary N) is 1. The van der Waals surface area contributed by atoms with Gasteiger partial charge in [0.25, 0.3) is 5.88 Å². The fourth-order valence-electron chi connectivity index (χ4n) is 2.81. The second-order valence-corrected chi connectivity index (χ2v) is 6.73. The van der Waals surface area contributed by atoms with E-state index in [1.54, 1.807) is 12.3 Å². The minimum atomic E-state index is -0.444. The third-order valence-corrected chi connectivity index (χ3v) is 4.11. The van der Waals surface area contributed by atoms with Gasteiger partial charge >= 0.3 is 0 Å². The van der Waals surface area contributed by atoms with E-state index in [0.717, 1.165) is 24.5 Å². The van der Waals surface area contributed by atoms with Crippen LogP contribution in [0.5, 0.6) is 11.6 Å². The van der Waals surface area contributed by atoms with Crippen LogP contribution in [0.1, 0.15) is 13.8 Å². The Balaban J connectivity index is 1.81. The van der Waals surface area contributed by atoms with Crippen molar-refractivity contribution in [2.24, 2.45) is 0 Å². The van der Waals surface area contributed by atoms with Crippen LogP contribution in [0.15, 0.2) is 18.3 Å². The molecule has 2 N–H and O–H groups in total. The molecule has 2 aromatic rings. The summed E-state index contributed by atoms with van der Waals surface area (Å²) in [6.07, 6.45) is 1.66. The first kappa shape index (κ1) is 15.9. The number of ether oxygens (including phenoxy) is 3. The Kier molecular flexibility index (Phi) is 3.84. The van der Waals surface area contributed by atoms with Crippen molar-refractivity contribution in [3.63, 3.8) is 0 Å². The molecular formula is C17H21N5O3. The molecule has 0 radical (unpaired) electrons. The van der Waals surface area contributed by atoms with Crippen molar-refractivity contribution < 1.29 is 14.2 Å². The highest BCUT2D eigenvalue weighted by Crippen LogP contribution is 2.41. The van der Waals surface area contributed by atoms with E-state index in [2.05, 4.69) is 14.9 Å². The third kappa shape index (κ3) is 3.17. The van der Waals surface area contributed by atoms with E-state index in [4.69, 9.17) is 24.9 Å². The lowest BCUT2D eigenvalue weighted by Crippen LogP contribution is -2.41. The minimum absolute atomic E-state index is 0.444. The molecule has 4 rings (SSSR count). The van der Waals surface area contributed by atoms with Crippen molar-refractivity contribution >= 4 is 11.6 Å². The van der Waals surface area contributed by atoms with E-state index in [1.807, 2.05) is 19.9 Å². The lowest BCUT2D eigenvalue weighted by molar-refractivity contribution is 0.0160. The first-order chi connectivity index (χ1) is 12.0. The second-order valence-electron chi connectivity index (χ2n) is 6.73. The summed E-state index contributed by atoms with van der Waals surface area (Å²) in [6, 6.07) is 3.58. The highest BCUT2D eigenvalue weighted by Gasteiger charge is 2.34. The van der Waals surface area contributed by atoms with Crippen molar-refractivity contribution in [3.05, 3.63) is 18.3 Å². The second kappa shape index (κ2) is 6.03.